The van der Waals surface area contributed by atoms with Gasteiger partial charge in [-0.15, -0.1) is 0 Å². The van der Waals surface area contributed by atoms with Crippen LogP contribution in [0.3, 0.4) is 0 Å². The van der Waals surface area contributed by atoms with Crippen molar-refractivity contribution in [3.8, 4) is 11.5 Å². The van der Waals surface area contributed by atoms with E-state index in [2.05, 4.69) is 0 Å². The molecule has 0 spiro atoms. The second kappa shape index (κ2) is 33.5. The Balaban J connectivity index is 1.24. The van der Waals surface area contributed by atoms with Gasteiger partial charge >= 0.3 is 0 Å². The van der Waals surface area contributed by atoms with E-state index in [0.717, 1.165) is 6.42 Å². The molecule has 23 heteroatoms. The fourth-order valence-corrected chi connectivity index (χ4v) is 9.81. The zero-order chi connectivity index (χ0) is 54.2. The van der Waals surface area contributed by atoms with Crippen molar-refractivity contribution < 1.29 is 106 Å². The third-order valence-corrected chi connectivity index (χ3v) is 14.3. The van der Waals surface area contributed by atoms with E-state index in [-0.39, 0.29) is 108 Å². The van der Waals surface area contributed by atoms with Crippen LogP contribution in [0.4, 0.5) is 0 Å². The molecule has 0 bridgehead atoms. The molecular weight excluding hydrogens is 997 g/mol. The molecule has 14 unspecified atom stereocenters. The Kier molecular flexibility index (Phi) is 28.9. The highest BCUT2D eigenvalue weighted by Crippen LogP contribution is 2.32. The van der Waals surface area contributed by atoms with Crippen molar-refractivity contribution in [1.82, 2.24) is 0 Å². The number of aliphatic hydroxyl groups excluding tert-OH is 9. The molecular formula is C51H84O22S. The van der Waals surface area contributed by atoms with E-state index in [1.165, 1.54) is 43.5 Å². The van der Waals surface area contributed by atoms with Crippen LogP contribution in [-0.4, -0.2) is 240 Å². The molecule has 2 saturated heterocycles. The SMILES string of the molecule is CCCC1C(CO)OC(COCC2C(COC[C@@H](O)COCC(O)COCC(COc3ccc(S(=O)(=O)c4ccc(OC)cc4)cc3)OCC(O)COCC(O)CC(C)C)OC(COCC)C(O)C2O)C(O)C1O. The predicted octanol–water partition coefficient (Wildman–Crippen LogP) is -0.0956. The molecule has 0 radical (unpaired) electrons. The van der Waals surface area contributed by atoms with Crippen LogP contribution in [-0.2, 0) is 52.5 Å². The maximum atomic E-state index is 13.2. The molecule has 2 aliphatic heterocycles. The number of ether oxygens (including phenoxy) is 11. The fourth-order valence-electron chi connectivity index (χ4n) is 8.54. The topological polar surface area (TPSA) is 318 Å². The van der Waals surface area contributed by atoms with Crippen molar-refractivity contribution in [2.75, 3.05) is 106 Å². The van der Waals surface area contributed by atoms with Gasteiger partial charge < -0.3 is 98.1 Å². The van der Waals surface area contributed by atoms with Crippen LogP contribution in [0.1, 0.15) is 47.0 Å². The summed E-state index contributed by atoms with van der Waals surface area (Å²) in [5, 5.41) is 95.5. The molecule has 22 nitrogen and oxygen atoms in total. The Morgan fingerprint density at radius 2 is 1.03 bits per heavy atom. The third-order valence-electron chi connectivity index (χ3n) is 12.5. The lowest BCUT2D eigenvalue weighted by Gasteiger charge is -2.44. The first-order valence-corrected chi connectivity index (χ1v) is 27.0. The van der Waals surface area contributed by atoms with E-state index in [1.807, 2.05) is 20.8 Å². The van der Waals surface area contributed by atoms with Crippen LogP contribution in [0.25, 0.3) is 0 Å². The van der Waals surface area contributed by atoms with E-state index in [0.29, 0.717) is 30.9 Å². The minimum Gasteiger partial charge on any atom is -0.497 e. The van der Waals surface area contributed by atoms with Gasteiger partial charge in [0.2, 0.25) is 9.84 Å². The quantitative estimate of drug-likeness (QED) is 0.0427. The van der Waals surface area contributed by atoms with Gasteiger partial charge in [-0.1, -0.05) is 27.2 Å². The van der Waals surface area contributed by atoms with Crippen molar-refractivity contribution in [2.24, 2.45) is 17.8 Å². The van der Waals surface area contributed by atoms with Gasteiger partial charge in [0.15, 0.2) is 0 Å². The molecule has 0 saturated carbocycles. The van der Waals surface area contributed by atoms with Crippen molar-refractivity contribution >= 4 is 9.84 Å². The summed E-state index contributed by atoms with van der Waals surface area (Å²) >= 11 is 0. The molecule has 4 rings (SSSR count). The van der Waals surface area contributed by atoms with Gasteiger partial charge in [-0.3, -0.25) is 0 Å². The van der Waals surface area contributed by atoms with Gasteiger partial charge in [-0.05, 0) is 74.2 Å². The Morgan fingerprint density at radius 1 is 0.541 bits per heavy atom. The van der Waals surface area contributed by atoms with Crippen molar-refractivity contribution in [3.63, 3.8) is 0 Å². The predicted molar refractivity (Wildman–Crippen MR) is 265 cm³/mol. The molecule has 2 aliphatic rings. The van der Waals surface area contributed by atoms with Crippen LogP contribution < -0.4 is 9.47 Å². The van der Waals surface area contributed by atoms with Gasteiger partial charge in [-0.2, -0.15) is 0 Å². The number of hydrogen-bond acceptors (Lipinski definition) is 22. The summed E-state index contributed by atoms with van der Waals surface area (Å²) in [5.41, 5.74) is 0. The maximum absolute atomic E-state index is 13.2. The summed E-state index contributed by atoms with van der Waals surface area (Å²) in [7, 11) is -2.34. The third kappa shape index (κ3) is 20.9. The van der Waals surface area contributed by atoms with Gasteiger partial charge in [-0.25, -0.2) is 8.42 Å². The van der Waals surface area contributed by atoms with E-state index >= 15 is 0 Å². The zero-order valence-electron chi connectivity index (χ0n) is 43.3. The van der Waals surface area contributed by atoms with Gasteiger partial charge in [0.1, 0.15) is 66.9 Å². The van der Waals surface area contributed by atoms with E-state index < -0.39 is 101 Å². The molecule has 426 valence electrons. The monoisotopic (exact) mass is 1080 g/mol. The zero-order valence-corrected chi connectivity index (χ0v) is 44.1. The Morgan fingerprint density at radius 3 is 1.57 bits per heavy atom. The van der Waals surface area contributed by atoms with Crippen LogP contribution in [0.5, 0.6) is 11.5 Å². The summed E-state index contributed by atoms with van der Waals surface area (Å²) in [6, 6.07) is 11.8. The van der Waals surface area contributed by atoms with E-state index in [9.17, 15) is 54.4 Å². The fraction of sp³-hybridized carbons (Fsp3) is 0.765. The van der Waals surface area contributed by atoms with Crippen LogP contribution >= 0.6 is 0 Å². The number of rotatable bonds is 37. The summed E-state index contributed by atoms with van der Waals surface area (Å²) < 4.78 is 89.2. The average molecular weight is 1080 g/mol. The first-order chi connectivity index (χ1) is 35.4. The molecule has 15 atom stereocenters. The van der Waals surface area contributed by atoms with Crippen LogP contribution in [0.2, 0.25) is 0 Å². The highest BCUT2D eigenvalue weighted by Gasteiger charge is 2.46. The van der Waals surface area contributed by atoms with Gasteiger partial charge in [0.25, 0.3) is 0 Å². The average Bonchev–Trinajstić information content (AvgIpc) is 3.37. The lowest BCUT2D eigenvalue weighted by molar-refractivity contribution is -0.243. The minimum absolute atomic E-state index is 0.00847. The van der Waals surface area contributed by atoms with Crippen LogP contribution in [0, 0.1) is 17.8 Å². The summed E-state index contributed by atoms with van der Waals surface area (Å²) in [5.74, 6) is -0.173. The van der Waals surface area contributed by atoms with Crippen molar-refractivity contribution in [1.29, 1.82) is 0 Å². The summed E-state index contributed by atoms with van der Waals surface area (Å²) in [6.45, 7) is 5.80. The minimum atomic E-state index is -3.82. The largest absolute Gasteiger partial charge is 0.497 e. The molecule has 0 amide bonds. The first kappa shape index (κ1) is 63.8. The Labute approximate surface area is 435 Å². The Bertz CT molecular complexity index is 1890. The number of hydrogen-bond donors (Lipinski definition) is 9. The summed E-state index contributed by atoms with van der Waals surface area (Å²) in [6.07, 6.45) is -11.5. The number of sulfone groups is 1. The van der Waals surface area contributed by atoms with Crippen LogP contribution in [0.15, 0.2) is 58.3 Å². The van der Waals surface area contributed by atoms with Gasteiger partial charge in [0.05, 0.1) is 133 Å². The van der Waals surface area contributed by atoms with Crippen molar-refractivity contribution in [2.45, 2.75) is 136 Å². The normalized spacial score (nSPS) is 26.6. The number of benzene rings is 2. The smallest absolute Gasteiger partial charge is 0.206 e. The summed E-state index contributed by atoms with van der Waals surface area (Å²) in [4.78, 5) is 0.144. The molecule has 9 N–H and O–H groups in total. The van der Waals surface area contributed by atoms with E-state index in [4.69, 9.17) is 52.1 Å². The second-order valence-electron chi connectivity index (χ2n) is 19.2. The molecule has 2 aromatic rings. The Hall–Kier alpha value is -2.73. The highest BCUT2D eigenvalue weighted by atomic mass is 32.2. The molecule has 74 heavy (non-hydrogen) atoms. The standard InChI is InChI=1S/C51H84O22S/c1-6-8-42-44(18-52)72-47(50(59)48(42)57)31-69-28-43-45(73-46(30-64-7-2)51(60)49(43)58)29-68-23-35(55)21-66-20-34(54)22-67-26-39(70-25-36(56)24-65-19-33(53)17-32(3)4)27-71-38-11-15-41(16-12-38)74(61,62)40-13-9-37(63-5)10-14-40/h9-16,32-36,39,42-60H,6-8,17-31H2,1-5H3/t33?,34?,35-,36?,39?,42?,43?,44?,45?,46?,47?,48?,49?,50?,51?/m0/s1. The van der Waals surface area contributed by atoms with E-state index in [1.54, 1.807) is 19.1 Å². The number of aliphatic hydroxyl groups is 9. The number of methoxy groups -OCH3 is 1. The van der Waals surface area contributed by atoms with Crippen molar-refractivity contribution in [3.05, 3.63) is 48.5 Å². The maximum Gasteiger partial charge on any atom is 0.206 e. The molecule has 2 aromatic carbocycles. The highest BCUT2D eigenvalue weighted by molar-refractivity contribution is 7.91. The lowest BCUT2D eigenvalue weighted by atomic mass is 9.84. The second-order valence-corrected chi connectivity index (χ2v) is 21.1. The molecule has 0 aliphatic carbocycles. The molecule has 0 aromatic heterocycles. The molecule has 2 fully saturated rings. The molecule has 2 heterocycles. The first-order valence-electron chi connectivity index (χ1n) is 25.5. The van der Waals surface area contributed by atoms with Gasteiger partial charge in [0, 0.05) is 18.4 Å². The lowest BCUT2D eigenvalue weighted by Crippen LogP contribution is -2.59.